The summed E-state index contributed by atoms with van der Waals surface area (Å²) in [5, 5.41) is 3.19. The number of pyridine rings is 1. The maximum atomic E-state index is 12.3. The van der Waals surface area contributed by atoms with E-state index in [4.69, 9.17) is 0 Å². The summed E-state index contributed by atoms with van der Waals surface area (Å²) in [5.41, 5.74) is 1.48. The number of nitrogens with zero attached hydrogens (tertiary/aromatic N) is 2. The Labute approximate surface area is 139 Å². The summed E-state index contributed by atoms with van der Waals surface area (Å²) in [6.07, 6.45) is 3.43. The van der Waals surface area contributed by atoms with Crippen LogP contribution >= 0.6 is 24.8 Å². The molecule has 2 heterocycles. The van der Waals surface area contributed by atoms with Gasteiger partial charge in [0.1, 0.15) is 5.69 Å². The molecule has 0 saturated carbocycles. The molecule has 1 aromatic rings. The standard InChI is InChI=1S/C15H23N3O.2ClH/c1-12-4-3-5-14(17-12)15(19)18-10-7-13(8-11-18)6-9-16-2;;/h3-5,13,16H,6-11H2,1-2H3;2*1H. The molecule has 1 aromatic heterocycles. The molecule has 0 aromatic carbocycles. The van der Waals surface area contributed by atoms with Gasteiger partial charge in [-0.2, -0.15) is 0 Å². The van der Waals surface area contributed by atoms with E-state index in [2.05, 4.69) is 10.3 Å². The van der Waals surface area contributed by atoms with Crippen LogP contribution in [0.1, 0.15) is 35.4 Å². The molecule has 0 radical (unpaired) electrons. The van der Waals surface area contributed by atoms with Crippen LogP contribution in [0.3, 0.4) is 0 Å². The number of carbonyl (C=O) groups excluding carboxylic acids is 1. The van der Waals surface area contributed by atoms with Crippen LogP contribution in [0, 0.1) is 12.8 Å². The van der Waals surface area contributed by atoms with Crippen LogP contribution in [-0.4, -0.2) is 42.5 Å². The van der Waals surface area contributed by atoms with Gasteiger partial charge in [-0.05, 0) is 57.8 Å². The van der Waals surface area contributed by atoms with Crippen LogP contribution in [0.5, 0.6) is 0 Å². The molecule has 0 unspecified atom stereocenters. The summed E-state index contributed by atoms with van der Waals surface area (Å²) in [7, 11) is 1.99. The number of halogens is 2. The van der Waals surface area contributed by atoms with Crippen molar-refractivity contribution < 1.29 is 4.79 Å². The molecule has 1 aliphatic rings. The van der Waals surface area contributed by atoms with E-state index in [1.54, 1.807) is 0 Å². The second-order valence-electron chi connectivity index (χ2n) is 5.29. The zero-order valence-electron chi connectivity index (χ0n) is 12.7. The Balaban J connectivity index is 0.00000200. The summed E-state index contributed by atoms with van der Waals surface area (Å²) >= 11 is 0. The van der Waals surface area contributed by atoms with Crippen LogP contribution in [0.25, 0.3) is 0 Å². The first-order chi connectivity index (χ1) is 9.20. The topological polar surface area (TPSA) is 45.2 Å². The predicted molar refractivity (Wildman–Crippen MR) is 90.6 cm³/mol. The summed E-state index contributed by atoms with van der Waals surface area (Å²) < 4.78 is 0. The van der Waals surface area contributed by atoms with Crippen molar-refractivity contribution in [3.8, 4) is 0 Å². The summed E-state index contributed by atoms with van der Waals surface area (Å²) in [6, 6.07) is 5.62. The lowest BCUT2D eigenvalue weighted by Gasteiger charge is -2.31. The van der Waals surface area contributed by atoms with Crippen LogP contribution in [-0.2, 0) is 0 Å². The Morgan fingerprint density at radius 1 is 1.33 bits per heavy atom. The monoisotopic (exact) mass is 333 g/mol. The Kier molecular flexibility index (Phi) is 9.58. The van der Waals surface area contributed by atoms with Gasteiger partial charge in [0, 0.05) is 18.8 Å². The molecular weight excluding hydrogens is 309 g/mol. The largest absolute Gasteiger partial charge is 0.337 e. The van der Waals surface area contributed by atoms with Gasteiger partial charge < -0.3 is 10.2 Å². The van der Waals surface area contributed by atoms with E-state index in [1.165, 1.54) is 6.42 Å². The zero-order valence-corrected chi connectivity index (χ0v) is 14.3. The van der Waals surface area contributed by atoms with Gasteiger partial charge in [0.05, 0.1) is 0 Å². The lowest BCUT2D eigenvalue weighted by atomic mass is 9.93. The first-order valence-electron chi connectivity index (χ1n) is 7.08. The van der Waals surface area contributed by atoms with Crippen LogP contribution in [0.4, 0.5) is 0 Å². The van der Waals surface area contributed by atoms with Crippen LogP contribution < -0.4 is 5.32 Å². The highest BCUT2D eigenvalue weighted by Crippen LogP contribution is 2.21. The molecule has 0 aliphatic carbocycles. The minimum atomic E-state index is 0. The number of likely N-dealkylation sites (tertiary alicyclic amines) is 1. The van der Waals surface area contributed by atoms with E-state index in [0.717, 1.165) is 44.1 Å². The summed E-state index contributed by atoms with van der Waals surface area (Å²) in [6.45, 7) is 4.71. The predicted octanol–water partition coefficient (Wildman–Crippen LogP) is 2.70. The lowest BCUT2D eigenvalue weighted by molar-refractivity contribution is 0.0681. The Morgan fingerprint density at radius 3 is 2.57 bits per heavy atom. The number of aromatic nitrogens is 1. The van der Waals surface area contributed by atoms with Crippen molar-refractivity contribution in [1.29, 1.82) is 0 Å². The second-order valence-corrected chi connectivity index (χ2v) is 5.29. The normalized spacial score (nSPS) is 15.0. The fourth-order valence-corrected chi connectivity index (χ4v) is 2.60. The van der Waals surface area contributed by atoms with Crippen molar-refractivity contribution in [2.45, 2.75) is 26.2 Å². The number of amides is 1. The fraction of sp³-hybridized carbons (Fsp3) is 0.600. The molecule has 6 heteroatoms. The summed E-state index contributed by atoms with van der Waals surface area (Å²) in [5.74, 6) is 0.831. The number of nitrogens with one attached hydrogen (secondary N) is 1. The molecule has 120 valence electrons. The van der Waals surface area contributed by atoms with E-state index in [1.807, 2.05) is 37.1 Å². The van der Waals surface area contributed by atoms with Gasteiger partial charge in [0.2, 0.25) is 0 Å². The third-order valence-corrected chi connectivity index (χ3v) is 3.81. The molecule has 0 atom stereocenters. The van der Waals surface area contributed by atoms with Crippen molar-refractivity contribution in [2.75, 3.05) is 26.7 Å². The fourth-order valence-electron chi connectivity index (χ4n) is 2.60. The molecule has 2 rings (SSSR count). The van der Waals surface area contributed by atoms with Gasteiger partial charge >= 0.3 is 0 Å². The van der Waals surface area contributed by atoms with Crippen molar-refractivity contribution in [2.24, 2.45) is 5.92 Å². The smallest absolute Gasteiger partial charge is 0.272 e. The van der Waals surface area contributed by atoms with Crippen LogP contribution in [0.2, 0.25) is 0 Å². The first kappa shape index (κ1) is 20.2. The number of carbonyl (C=O) groups is 1. The third kappa shape index (κ3) is 5.81. The number of hydrogen-bond acceptors (Lipinski definition) is 3. The van der Waals surface area contributed by atoms with Crippen molar-refractivity contribution in [3.05, 3.63) is 29.6 Å². The molecule has 0 spiro atoms. The number of aryl methyl sites for hydroxylation is 1. The summed E-state index contributed by atoms with van der Waals surface area (Å²) in [4.78, 5) is 18.6. The Morgan fingerprint density at radius 2 is 2.00 bits per heavy atom. The van der Waals surface area contributed by atoms with Gasteiger partial charge in [-0.25, -0.2) is 4.98 Å². The van der Waals surface area contributed by atoms with Crippen molar-refractivity contribution in [1.82, 2.24) is 15.2 Å². The van der Waals surface area contributed by atoms with E-state index < -0.39 is 0 Å². The average Bonchev–Trinajstić information content (AvgIpc) is 2.45. The highest BCUT2D eigenvalue weighted by Gasteiger charge is 2.23. The SMILES string of the molecule is CNCCC1CCN(C(=O)c2cccc(C)n2)CC1.Cl.Cl. The second kappa shape index (κ2) is 9.98. The van der Waals surface area contributed by atoms with Crippen molar-refractivity contribution >= 4 is 30.7 Å². The molecule has 1 N–H and O–H groups in total. The average molecular weight is 334 g/mol. The number of rotatable bonds is 4. The zero-order chi connectivity index (χ0) is 13.7. The molecule has 1 aliphatic heterocycles. The van der Waals surface area contributed by atoms with Gasteiger partial charge in [-0.15, -0.1) is 24.8 Å². The van der Waals surface area contributed by atoms with E-state index in [0.29, 0.717) is 5.69 Å². The minimum Gasteiger partial charge on any atom is -0.337 e. The van der Waals surface area contributed by atoms with Gasteiger partial charge in [0.25, 0.3) is 5.91 Å². The van der Waals surface area contributed by atoms with E-state index in [9.17, 15) is 4.79 Å². The molecule has 4 nitrogen and oxygen atoms in total. The maximum absolute atomic E-state index is 12.3. The molecule has 0 bridgehead atoms. The van der Waals surface area contributed by atoms with Gasteiger partial charge in [-0.1, -0.05) is 6.07 Å². The quantitative estimate of drug-likeness (QED) is 0.921. The first-order valence-corrected chi connectivity index (χ1v) is 7.08. The highest BCUT2D eigenvalue weighted by atomic mass is 35.5. The highest BCUT2D eigenvalue weighted by molar-refractivity contribution is 5.92. The minimum absolute atomic E-state index is 0. The van der Waals surface area contributed by atoms with Gasteiger partial charge in [-0.3, -0.25) is 4.79 Å². The Hall–Kier alpha value is -0.840. The lowest BCUT2D eigenvalue weighted by Crippen LogP contribution is -2.39. The third-order valence-electron chi connectivity index (χ3n) is 3.81. The number of piperidine rings is 1. The van der Waals surface area contributed by atoms with E-state index in [-0.39, 0.29) is 30.7 Å². The molecule has 1 fully saturated rings. The molecule has 21 heavy (non-hydrogen) atoms. The number of hydrogen-bond donors (Lipinski definition) is 1. The molecular formula is C15H25Cl2N3O. The van der Waals surface area contributed by atoms with Crippen LogP contribution in [0.15, 0.2) is 18.2 Å². The van der Waals surface area contributed by atoms with E-state index >= 15 is 0 Å². The molecule has 1 saturated heterocycles. The Bertz CT molecular complexity index is 435. The van der Waals surface area contributed by atoms with Crippen molar-refractivity contribution in [3.63, 3.8) is 0 Å². The van der Waals surface area contributed by atoms with Gasteiger partial charge in [0.15, 0.2) is 0 Å². The molecule has 1 amide bonds. The maximum Gasteiger partial charge on any atom is 0.272 e.